The van der Waals surface area contributed by atoms with Crippen LogP contribution in [0.1, 0.15) is 67.1 Å². The van der Waals surface area contributed by atoms with Gasteiger partial charge in [-0.25, -0.2) is 4.79 Å². The third-order valence-corrected chi connectivity index (χ3v) is 4.57. The maximum atomic E-state index is 11.4. The van der Waals surface area contributed by atoms with Gasteiger partial charge in [0.05, 0.1) is 5.56 Å². The van der Waals surface area contributed by atoms with Crippen molar-refractivity contribution in [1.29, 1.82) is 0 Å². The van der Waals surface area contributed by atoms with Gasteiger partial charge in [0.15, 0.2) is 0 Å². The molecule has 0 saturated carbocycles. The smallest absolute Gasteiger partial charge is 0.336 e. The van der Waals surface area contributed by atoms with E-state index in [2.05, 4.69) is 19.9 Å². The summed E-state index contributed by atoms with van der Waals surface area (Å²) < 4.78 is 0. The molecular formula is C15H21NO2. The van der Waals surface area contributed by atoms with Crippen LogP contribution in [0.15, 0.2) is 18.2 Å². The fourth-order valence-electron chi connectivity index (χ4n) is 3.31. The normalized spacial score (nSPS) is 21.4. The summed E-state index contributed by atoms with van der Waals surface area (Å²) in [4.78, 5) is 11.4. The summed E-state index contributed by atoms with van der Waals surface area (Å²) in [5.74, 6) is -0.870. The molecule has 1 aliphatic carbocycles. The molecule has 3 heteroatoms. The van der Waals surface area contributed by atoms with Crippen LogP contribution < -0.4 is 5.73 Å². The molecule has 1 unspecified atom stereocenters. The standard InChI is InChI=1S/C15H21NO2/c1-3-15(4-2)9-8-12(16)13-10(14(17)18)6-5-7-11(13)15/h5-7,12H,3-4,8-9,16H2,1-2H3,(H,17,18). The Hall–Kier alpha value is -1.35. The van der Waals surface area contributed by atoms with E-state index in [-0.39, 0.29) is 11.5 Å². The van der Waals surface area contributed by atoms with Crippen LogP contribution in [-0.4, -0.2) is 11.1 Å². The van der Waals surface area contributed by atoms with Crippen molar-refractivity contribution in [1.82, 2.24) is 0 Å². The largest absolute Gasteiger partial charge is 0.478 e. The van der Waals surface area contributed by atoms with E-state index in [1.165, 1.54) is 0 Å². The summed E-state index contributed by atoms with van der Waals surface area (Å²) in [6.07, 6.45) is 3.99. The predicted octanol–water partition coefficient (Wildman–Crippen LogP) is 3.24. The van der Waals surface area contributed by atoms with E-state index < -0.39 is 5.97 Å². The number of carbonyl (C=O) groups is 1. The molecule has 98 valence electrons. The molecule has 3 nitrogen and oxygen atoms in total. The Morgan fingerprint density at radius 3 is 2.67 bits per heavy atom. The molecule has 0 aliphatic heterocycles. The monoisotopic (exact) mass is 247 g/mol. The van der Waals surface area contributed by atoms with Crippen molar-refractivity contribution < 1.29 is 9.90 Å². The van der Waals surface area contributed by atoms with Crippen LogP contribution in [0.25, 0.3) is 0 Å². The molecular weight excluding hydrogens is 226 g/mol. The van der Waals surface area contributed by atoms with Gasteiger partial charge in [-0.05, 0) is 48.3 Å². The Morgan fingerprint density at radius 2 is 2.11 bits per heavy atom. The van der Waals surface area contributed by atoms with E-state index in [1.54, 1.807) is 6.07 Å². The number of nitrogens with two attached hydrogens (primary N) is 1. The lowest BCUT2D eigenvalue weighted by Crippen LogP contribution is -2.35. The fraction of sp³-hybridized carbons (Fsp3) is 0.533. The van der Waals surface area contributed by atoms with Crippen LogP contribution in [0.2, 0.25) is 0 Å². The Morgan fingerprint density at radius 1 is 1.44 bits per heavy atom. The predicted molar refractivity (Wildman–Crippen MR) is 71.8 cm³/mol. The zero-order valence-corrected chi connectivity index (χ0v) is 11.1. The highest BCUT2D eigenvalue weighted by atomic mass is 16.4. The second-order valence-electron chi connectivity index (χ2n) is 5.20. The van der Waals surface area contributed by atoms with Crippen LogP contribution in [-0.2, 0) is 5.41 Å². The van der Waals surface area contributed by atoms with Crippen molar-refractivity contribution in [2.24, 2.45) is 5.73 Å². The third kappa shape index (κ3) is 1.83. The molecule has 1 aromatic rings. The number of benzene rings is 1. The molecule has 0 aromatic heterocycles. The van der Waals surface area contributed by atoms with Crippen molar-refractivity contribution in [3.63, 3.8) is 0 Å². The van der Waals surface area contributed by atoms with Gasteiger partial charge in [-0.1, -0.05) is 26.0 Å². The van der Waals surface area contributed by atoms with Gasteiger partial charge in [-0.3, -0.25) is 0 Å². The van der Waals surface area contributed by atoms with Crippen LogP contribution in [0, 0.1) is 0 Å². The highest BCUT2D eigenvalue weighted by Gasteiger charge is 2.37. The van der Waals surface area contributed by atoms with Gasteiger partial charge in [0.1, 0.15) is 0 Å². The molecule has 0 bridgehead atoms. The van der Waals surface area contributed by atoms with Crippen molar-refractivity contribution in [2.75, 3.05) is 0 Å². The third-order valence-electron chi connectivity index (χ3n) is 4.57. The van der Waals surface area contributed by atoms with Crippen LogP contribution in [0.5, 0.6) is 0 Å². The number of hydrogen-bond donors (Lipinski definition) is 2. The molecule has 0 radical (unpaired) electrons. The second-order valence-corrected chi connectivity index (χ2v) is 5.20. The number of carboxylic acid groups (broad SMARTS) is 1. The van der Waals surface area contributed by atoms with Crippen molar-refractivity contribution in [3.8, 4) is 0 Å². The minimum atomic E-state index is -0.870. The molecule has 3 N–H and O–H groups in total. The molecule has 1 atom stereocenters. The first-order valence-corrected chi connectivity index (χ1v) is 6.68. The maximum Gasteiger partial charge on any atom is 0.336 e. The van der Waals surface area contributed by atoms with E-state index >= 15 is 0 Å². The quantitative estimate of drug-likeness (QED) is 0.861. The second kappa shape index (κ2) is 4.73. The van der Waals surface area contributed by atoms with Crippen LogP contribution in [0.4, 0.5) is 0 Å². The molecule has 2 rings (SSSR count). The average Bonchev–Trinajstić information content (AvgIpc) is 2.39. The summed E-state index contributed by atoms with van der Waals surface area (Å²) in [5.41, 5.74) is 8.66. The van der Waals surface area contributed by atoms with Gasteiger partial charge < -0.3 is 10.8 Å². The molecule has 0 amide bonds. The Kier molecular flexibility index (Phi) is 3.44. The SMILES string of the molecule is CCC1(CC)CCC(N)c2c(C(=O)O)cccc21. The lowest BCUT2D eigenvalue weighted by molar-refractivity contribution is 0.0694. The number of fused-ring (bicyclic) bond motifs is 1. The van der Waals surface area contributed by atoms with E-state index in [1.807, 2.05) is 6.07 Å². The van der Waals surface area contributed by atoms with Crippen molar-refractivity contribution in [3.05, 3.63) is 34.9 Å². The molecule has 0 spiro atoms. The summed E-state index contributed by atoms with van der Waals surface area (Å²) in [7, 11) is 0. The van der Waals surface area contributed by atoms with E-state index in [9.17, 15) is 9.90 Å². The average molecular weight is 247 g/mol. The van der Waals surface area contributed by atoms with Gasteiger partial charge in [0.2, 0.25) is 0 Å². The summed E-state index contributed by atoms with van der Waals surface area (Å²) in [5, 5.41) is 9.32. The molecule has 1 aromatic carbocycles. The first-order chi connectivity index (χ1) is 8.55. The minimum absolute atomic E-state index is 0.108. The lowest BCUT2D eigenvalue weighted by atomic mass is 9.65. The van der Waals surface area contributed by atoms with Gasteiger partial charge in [0.25, 0.3) is 0 Å². The topological polar surface area (TPSA) is 63.3 Å². The summed E-state index contributed by atoms with van der Waals surface area (Å²) >= 11 is 0. The number of hydrogen-bond acceptors (Lipinski definition) is 2. The first-order valence-electron chi connectivity index (χ1n) is 6.68. The maximum absolute atomic E-state index is 11.4. The summed E-state index contributed by atoms with van der Waals surface area (Å²) in [6.45, 7) is 4.36. The molecule has 18 heavy (non-hydrogen) atoms. The van der Waals surface area contributed by atoms with E-state index in [0.717, 1.165) is 36.8 Å². The van der Waals surface area contributed by atoms with Gasteiger partial charge in [-0.2, -0.15) is 0 Å². The van der Waals surface area contributed by atoms with Gasteiger partial charge in [0, 0.05) is 6.04 Å². The highest BCUT2D eigenvalue weighted by Crippen LogP contribution is 2.46. The lowest BCUT2D eigenvalue weighted by Gasteiger charge is -2.41. The highest BCUT2D eigenvalue weighted by molar-refractivity contribution is 5.90. The van der Waals surface area contributed by atoms with Gasteiger partial charge in [-0.15, -0.1) is 0 Å². The number of rotatable bonds is 3. The molecule has 0 heterocycles. The molecule has 0 saturated heterocycles. The van der Waals surface area contributed by atoms with Crippen LogP contribution >= 0.6 is 0 Å². The zero-order chi connectivity index (χ0) is 13.3. The van der Waals surface area contributed by atoms with Crippen molar-refractivity contribution in [2.45, 2.75) is 51.0 Å². The molecule has 1 aliphatic rings. The Balaban J connectivity index is 2.67. The van der Waals surface area contributed by atoms with E-state index in [0.29, 0.717) is 5.56 Å². The fourth-order valence-corrected chi connectivity index (χ4v) is 3.31. The van der Waals surface area contributed by atoms with Crippen molar-refractivity contribution >= 4 is 5.97 Å². The van der Waals surface area contributed by atoms with Gasteiger partial charge >= 0.3 is 5.97 Å². The number of carboxylic acids is 1. The zero-order valence-electron chi connectivity index (χ0n) is 11.1. The Labute approximate surface area is 108 Å². The Bertz CT molecular complexity index is 464. The summed E-state index contributed by atoms with van der Waals surface area (Å²) in [6, 6.07) is 5.44. The molecule has 0 fully saturated rings. The van der Waals surface area contributed by atoms with Crippen LogP contribution in [0.3, 0.4) is 0 Å². The minimum Gasteiger partial charge on any atom is -0.478 e. The van der Waals surface area contributed by atoms with E-state index in [4.69, 9.17) is 5.73 Å². The first kappa shape index (κ1) is 13.1. The number of aromatic carboxylic acids is 1.